The summed E-state index contributed by atoms with van der Waals surface area (Å²) in [5.41, 5.74) is 4.89. The Morgan fingerprint density at radius 2 is 2.36 bits per heavy atom. The smallest absolute Gasteiger partial charge is 0.312 e. The van der Waals surface area contributed by atoms with Gasteiger partial charge >= 0.3 is 6.03 Å². The van der Waals surface area contributed by atoms with Crippen molar-refractivity contribution in [1.82, 2.24) is 14.7 Å². The van der Waals surface area contributed by atoms with Crippen molar-refractivity contribution in [3.05, 3.63) is 5.82 Å². The molecule has 0 aliphatic rings. The fraction of sp³-hybridized carbons (Fsp3) is 0.571. The Kier molecular flexibility index (Phi) is 4.11. The summed E-state index contributed by atoms with van der Waals surface area (Å²) in [5.74, 6) is 0.834. The lowest BCUT2D eigenvalue weighted by molar-refractivity contribution is 0.249. The quantitative estimate of drug-likeness (QED) is 0.611. The molecule has 0 spiro atoms. The number of carbonyl (C=O) groups excluding carboxylic acids is 1. The van der Waals surface area contributed by atoms with E-state index in [9.17, 15) is 4.79 Å². The van der Waals surface area contributed by atoms with E-state index in [0.717, 1.165) is 17.4 Å². The Bertz CT molecular complexity index is 300. The van der Waals surface area contributed by atoms with Crippen LogP contribution in [0.4, 0.5) is 9.93 Å². The van der Waals surface area contributed by atoms with Gasteiger partial charge in [-0.2, -0.15) is 4.37 Å². The number of carbonyl (C=O) groups is 1. The summed E-state index contributed by atoms with van der Waals surface area (Å²) in [6.07, 6.45) is 0.831. The zero-order valence-corrected chi connectivity index (χ0v) is 8.73. The first-order valence-electron chi connectivity index (χ1n) is 4.32. The summed E-state index contributed by atoms with van der Waals surface area (Å²) in [5, 5.41) is 6.27. The fourth-order valence-electron chi connectivity index (χ4n) is 0.825. The molecule has 0 aliphatic carbocycles. The molecule has 0 aliphatic heterocycles. The molecule has 6 nitrogen and oxygen atoms in total. The number of primary amides is 1. The van der Waals surface area contributed by atoms with E-state index in [2.05, 4.69) is 20.0 Å². The van der Waals surface area contributed by atoms with Crippen LogP contribution in [0, 0.1) is 0 Å². The van der Waals surface area contributed by atoms with E-state index in [4.69, 9.17) is 5.73 Å². The van der Waals surface area contributed by atoms with E-state index in [1.165, 1.54) is 11.5 Å². The Balaban J connectivity index is 2.21. The van der Waals surface area contributed by atoms with Gasteiger partial charge in [0.2, 0.25) is 5.13 Å². The molecule has 0 unspecified atom stereocenters. The Hall–Kier alpha value is -1.37. The van der Waals surface area contributed by atoms with Crippen molar-refractivity contribution in [2.45, 2.75) is 13.3 Å². The van der Waals surface area contributed by atoms with Crippen molar-refractivity contribution in [2.75, 3.05) is 18.4 Å². The molecule has 0 atom stereocenters. The van der Waals surface area contributed by atoms with Crippen molar-refractivity contribution in [3.63, 3.8) is 0 Å². The third-order valence-electron chi connectivity index (χ3n) is 1.48. The molecule has 1 rings (SSSR count). The van der Waals surface area contributed by atoms with Crippen LogP contribution < -0.4 is 16.4 Å². The maximum Gasteiger partial charge on any atom is 0.312 e. The van der Waals surface area contributed by atoms with E-state index in [1.807, 2.05) is 6.92 Å². The first-order chi connectivity index (χ1) is 6.72. The van der Waals surface area contributed by atoms with Crippen LogP contribution in [0.25, 0.3) is 0 Å². The van der Waals surface area contributed by atoms with Crippen molar-refractivity contribution in [1.29, 1.82) is 0 Å². The SMILES string of the molecule is CCc1nsc(NCCNC(N)=O)n1. The normalized spacial score (nSPS) is 9.79. The lowest BCUT2D eigenvalue weighted by Gasteiger charge is -2.01. The molecule has 2 amide bonds. The van der Waals surface area contributed by atoms with Gasteiger partial charge in [-0.25, -0.2) is 9.78 Å². The van der Waals surface area contributed by atoms with Gasteiger partial charge in [-0.1, -0.05) is 6.92 Å². The van der Waals surface area contributed by atoms with Crippen LogP contribution in [0.1, 0.15) is 12.7 Å². The van der Waals surface area contributed by atoms with Crippen LogP contribution in [-0.2, 0) is 6.42 Å². The number of hydrogen-bond acceptors (Lipinski definition) is 5. The summed E-state index contributed by atoms with van der Waals surface area (Å²) >= 11 is 1.32. The maximum absolute atomic E-state index is 10.3. The summed E-state index contributed by atoms with van der Waals surface area (Å²) in [6, 6.07) is -0.515. The highest BCUT2D eigenvalue weighted by Crippen LogP contribution is 2.09. The minimum absolute atomic E-state index is 0.483. The molecule has 0 aromatic carbocycles. The zero-order valence-electron chi connectivity index (χ0n) is 7.91. The molecule has 1 aromatic rings. The van der Waals surface area contributed by atoms with Gasteiger partial charge in [0, 0.05) is 31.0 Å². The van der Waals surface area contributed by atoms with Gasteiger partial charge < -0.3 is 16.4 Å². The van der Waals surface area contributed by atoms with Gasteiger partial charge in [0.05, 0.1) is 0 Å². The van der Waals surface area contributed by atoms with E-state index < -0.39 is 6.03 Å². The van der Waals surface area contributed by atoms with Crippen LogP contribution in [-0.4, -0.2) is 28.5 Å². The third-order valence-corrected chi connectivity index (χ3v) is 2.20. The largest absolute Gasteiger partial charge is 0.359 e. The summed E-state index contributed by atoms with van der Waals surface area (Å²) in [4.78, 5) is 14.5. The number of anilines is 1. The highest BCUT2D eigenvalue weighted by atomic mass is 32.1. The first-order valence-corrected chi connectivity index (χ1v) is 5.09. The second kappa shape index (κ2) is 5.38. The number of urea groups is 1. The lowest BCUT2D eigenvalue weighted by atomic mass is 10.5. The number of amides is 2. The van der Waals surface area contributed by atoms with Gasteiger partial charge in [-0.05, 0) is 0 Å². The molecular weight excluding hydrogens is 202 g/mol. The molecular formula is C7H13N5OS. The van der Waals surface area contributed by atoms with E-state index >= 15 is 0 Å². The molecule has 0 saturated carbocycles. The van der Waals surface area contributed by atoms with Crippen LogP contribution in [0.3, 0.4) is 0 Å². The monoisotopic (exact) mass is 215 g/mol. The van der Waals surface area contributed by atoms with Crippen LogP contribution in [0.5, 0.6) is 0 Å². The minimum Gasteiger partial charge on any atom is -0.359 e. The van der Waals surface area contributed by atoms with E-state index in [0.29, 0.717) is 13.1 Å². The van der Waals surface area contributed by atoms with E-state index in [-0.39, 0.29) is 0 Å². The molecule has 14 heavy (non-hydrogen) atoms. The van der Waals surface area contributed by atoms with Crippen LogP contribution in [0.2, 0.25) is 0 Å². The standard InChI is InChI=1S/C7H13N5OS/c1-2-5-11-7(14-12-5)10-4-3-9-6(8)13/h2-4H2,1H3,(H3,8,9,13)(H,10,11,12). The lowest BCUT2D eigenvalue weighted by Crippen LogP contribution is -2.33. The summed E-state index contributed by atoms with van der Waals surface area (Å²) in [6.45, 7) is 3.08. The molecule has 1 heterocycles. The number of nitrogens with two attached hydrogens (primary N) is 1. The highest BCUT2D eigenvalue weighted by Gasteiger charge is 2.00. The molecule has 0 radical (unpaired) electrons. The van der Waals surface area contributed by atoms with Crippen molar-refractivity contribution in [2.24, 2.45) is 5.73 Å². The van der Waals surface area contributed by atoms with Crippen molar-refractivity contribution < 1.29 is 4.79 Å². The average molecular weight is 215 g/mol. The predicted molar refractivity (Wildman–Crippen MR) is 55.4 cm³/mol. The van der Waals surface area contributed by atoms with Crippen LogP contribution >= 0.6 is 11.5 Å². The number of nitrogens with one attached hydrogen (secondary N) is 2. The Morgan fingerprint density at radius 1 is 1.57 bits per heavy atom. The average Bonchev–Trinajstić information content (AvgIpc) is 2.60. The number of hydrogen-bond donors (Lipinski definition) is 3. The third kappa shape index (κ3) is 3.56. The van der Waals surface area contributed by atoms with Crippen molar-refractivity contribution in [3.8, 4) is 0 Å². The summed E-state index contributed by atoms with van der Waals surface area (Å²) in [7, 11) is 0. The summed E-state index contributed by atoms with van der Waals surface area (Å²) < 4.78 is 4.10. The number of aromatic nitrogens is 2. The minimum atomic E-state index is -0.515. The highest BCUT2D eigenvalue weighted by molar-refractivity contribution is 7.09. The van der Waals surface area contributed by atoms with Gasteiger partial charge in [-0.15, -0.1) is 0 Å². The fourth-order valence-corrected chi connectivity index (χ4v) is 1.50. The van der Waals surface area contributed by atoms with Gasteiger partial charge in [0.15, 0.2) is 0 Å². The van der Waals surface area contributed by atoms with Crippen molar-refractivity contribution >= 4 is 22.7 Å². The topological polar surface area (TPSA) is 92.9 Å². The maximum atomic E-state index is 10.3. The molecule has 0 bridgehead atoms. The second-order valence-corrected chi connectivity index (χ2v) is 3.34. The number of nitrogens with zero attached hydrogens (tertiary/aromatic N) is 2. The second-order valence-electron chi connectivity index (χ2n) is 2.59. The first kappa shape index (κ1) is 10.7. The zero-order chi connectivity index (χ0) is 10.4. The predicted octanol–water partition coefficient (Wildman–Crippen LogP) is 0.181. The molecule has 7 heteroatoms. The molecule has 4 N–H and O–H groups in total. The van der Waals surface area contributed by atoms with Gasteiger partial charge in [-0.3, -0.25) is 0 Å². The number of aryl methyl sites for hydroxylation is 1. The molecule has 78 valence electrons. The van der Waals surface area contributed by atoms with Gasteiger partial charge in [0.25, 0.3) is 0 Å². The number of rotatable bonds is 5. The van der Waals surface area contributed by atoms with Gasteiger partial charge in [0.1, 0.15) is 5.82 Å². The molecule has 0 saturated heterocycles. The molecule has 0 fully saturated rings. The van der Waals surface area contributed by atoms with Crippen LogP contribution in [0.15, 0.2) is 0 Å². The Labute approximate surface area is 86.1 Å². The Morgan fingerprint density at radius 3 is 2.93 bits per heavy atom. The molecule has 1 aromatic heterocycles. The van der Waals surface area contributed by atoms with E-state index in [1.54, 1.807) is 0 Å².